The van der Waals surface area contributed by atoms with Crippen molar-refractivity contribution in [3.05, 3.63) is 35.6 Å². The summed E-state index contributed by atoms with van der Waals surface area (Å²) in [4.78, 5) is 2.60. The normalized spacial score (nSPS) is 24.9. The minimum atomic E-state index is -0.121. The van der Waals surface area contributed by atoms with Crippen LogP contribution in [0.2, 0.25) is 0 Å². The Balaban J connectivity index is 1.69. The van der Waals surface area contributed by atoms with Crippen LogP contribution in [0.4, 0.5) is 4.39 Å². The molecule has 1 saturated heterocycles. The third-order valence-electron chi connectivity index (χ3n) is 4.71. The van der Waals surface area contributed by atoms with Crippen molar-refractivity contribution in [3.63, 3.8) is 0 Å². The second-order valence-corrected chi connectivity index (χ2v) is 6.37. The lowest BCUT2D eigenvalue weighted by Crippen LogP contribution is -2.40. The van der Waals surface area contributed by atoms with Crippen molar-refractivity contribution in [2.24, 2.45) is 5.92 Å². The van der Waals surface area contributed by atoms with E-state index < -0.39 is 0 Å². The summed E-state index contributed by atoms with van der Waals surface area (Å²) in [7, 11) is 0. The van der Waals surface area contributed by atoms with Gasteiger partial charge < -0.3 is 5.32 Å². The van der Waals surface area contributed by atoms with E-state index in [1.54, 1.807) is 6.07 Å². The molecule has 2 unspecified atom stereocenters. The molecule has 3 heteroatoms. The van der Waals surface area contributed by atoms with E-state index in [2.05, 4.69) is 23.2 Å². The SMILES string of the molecule is CC(c1cccc(F)c1)N(CC1CCCNC1)C1CC1. The molecule has 1 aliphatic carbocycles. The second kappa shape index (κ2) is 6.23. The summed E-state index contributed by atoms with van der Waals surface area (Å²) in [6.07, 6.45) is 5.23. The lowest BCUT2D eigenvalue weighted by Gasteiger charge is -2.34. The smallest absolute Gasteiger partial charge is 0.123 e. The van der Waals surface area contributed by atoms with Crippen molar-refractivity contribution in [2.75, 3.05) is 19.6 Å². The van der Waals surface area contributed by atoms with Crippen molar-refractivity contribution < 1.29 is 4.39 Å². The van der Waals surface area contributed by atoms with Crippen LogP contribution < -0.4 is 5.32 Å². The van der Waals surface area contributed by atoms with Crippen LogP contribution >= 0.6 is 0 Å². The molecular weight excluding hydrogens is 251 g/mol. The van der Waals surface area contributed by atoms with Crippen LogP contribution in [0.25, 0.3) is 0 Å². The van der Waals surface area contributed by atoms with Gasteiger partial charge in [0.1, 0.15) is 5.82 Å². The van der Waals surface area contributed by atoms with Gasteiger partial charge in [0, 0.05) is 18.6 Å². The Morgan fingerprint density at radius 3 is 2.85 bits per heavy atom. The van der Waals surface area contributed by atoms with Gasteiger partial charge in [0.05, 0.1) is 0 Å². The molecule has 0 aromatic heterocycles. The molecular formula is C17H25FN2. The van der Waals surface area contributed by atoms with Crippen LogP contribution in [0.1, 0.15) is 44.2 Å². The summed E-state index contributed by atoms with van der Waals surface area (Å²) >= 11 is 0. The zero-order valence-electron chi connectivity index (χ0n) is 12.3. The minimum Gasteiger partial charge on any atom is -0.316 e. The average Bonchev–Trinajstić information content (AvgIpc) is 3.30. The van der Waals surface area contributed by atoms with E-state index in [9.17, 15) is 4.39 Å². The third kappa shape index (κ3) is 3.39. The van der Waals surface area contributed by atoms with Crippen molar-refractivity contribution in [3.8, 4) is 0 Å². The van der Waals surface area contributed by atoms with E-state index in [4.69, 9.17) is 0 Å². The summed E-state index contributed by atoms with van der Waals surface area (Å²) in [6.45, 7) is 5.68. The van der Waals surface area contributed by atoms with Gasteiger partial charge in [-0.05, 0) is 69.3 Å². The van der Waals surface area contributed by atoms with Crippen LogP contribution in [-0.4, -0.2) is 30.6 Å². The largest absolute Gasteiger partial charge is 0.316 e. The fourth-order valence-corrected chi connectivity index (χ4v) is 3.37. The number of hydrogen-bond donors (Lipinski definition) is 1. The number of nitrogens with one attached hydrogen (secondary N) is 1. The van der Waals surface area contributed by atoms with Crippen molar-refractivity contribution in [2.45, 2.75) is 44.7 Å². The summed E-state index contributed by atoms with van der Waals surface area (Å²) in [6, 6.07) is 8.15. The molecule has 0 amide bonds. The van der Waals surface area contributed by atoms with Gasteiger partial charge in [-0.3, -0.25) is 4.90 Å². The highest BCUT2D eigenvalue weighted by atomic mass is 19.1. The highest BCUT2D eigenvalue weighted by molar-refractivity contribution is 5.20. The van der Waals surface area contributed by atoms with E-state index in [1.807, 2.05) is 6.07 Å². The first-order chi connectivity index (χ1) is 9.74. The molecule has 2 aliphatic rings. The number of hydrogen-bond acceptors (Lipinski definition) is 2. The second-order valence-electron chi connectivity index (χ2n) is 6.37. The Morgan fingerprint density at radius 2 is 2.20 bits per heavy atom. The molecule has 1 aromatic carbocycles. The third-order valence-corrected chi connectivity index (χ3v) is 4.71. The zero-order chi connectivity index (χ0) is 13.9. The van der Waals surface area contributed by atoms with E-state index in [1.165, 1.54) is 38.3 Å². The highest BCUT2D eigenvalue weighted by Gasteiger charge is 2.34. The molecule has 0 bridgehead atoms. The fourth-order valence-electron chi connectivity index (χ4n) is 3.37. The molecule has 1 saturated carbocycles. The van der Waals surface area contributed by atoms with Crippen LogP contribution in [0, 0.1) is 11.7 Å². The van der Waals surface area contributed by atoms with Gasteiger partial charge in [0.2, 0.25) is 0 Å². The lowest BCUT2D eigenvalue weighted by molar-refractivity contribution is 0.154. The number of piperidine rings is 1. The van der Waals surface area contributed by atoms with Gasteiger partial charge in [-0.25, -0.2) is 4.39 Å². The maximum absolute atomic E-state index is 13.4. The van der Waals surface area contributed by atoms with Gasteiger partial charge >= 0.3 is 0 Å². The molecule has 1 aromatic rings. The molecule has 2 nitrogen and oxygen atoms in total. The highest BCUT2D eigenvalue weighted by Crippen LogP contribution is 2.35. The summed E-state index contributed by atoms with van der Waals surface area (Å²) < 4.78 is 13.4. The van der Waals surface area contributed by atoms with Gasteiger partial charge in [0.15, 0.2) is 0 Å². The maximum Gasteiger partial charge on any atom is 0.123 e. The number of rotatable bonds is 5. The first-order valence-corrected chi connectivity index (χ1v) is 7.96. The van der Waals surface area contributed by atoms with E-state index in [0.29, 0.717) is 6.04 Å². The summed E-state index contributed by atoms with van der Waals surface area (Å²) in [5.41, 5.74) is 1.11. The Morgan fingerprint density at radius 1 is 1.35 bits per heavy atom. The predicted octanol–water partition coefficient (Wildman–Crippen LogP) is 3.35. The Hall–Kier alpha value is -0.930. The van der Waals surface area contributed by atoms with Gasteiger partial charge in [-0.15, -0.1) is 0 Å². The first kappa shape index (κ1) is 14.0. The first-order valence-electron chi connectivity index (χ1n) is 7.96. The topological polar surface area (TPSA) is 15.3 Å². The zero-order valence-corrected chi connectivity index (χ0v) is 12.3. The van der Waals surface area contributed by atoms with E-state index >= 15 is 0 Å². The van der Waals surface area contributed by atoms with Gasteiger partial charge in [-0.2, -0.15) is 0 Å². The molecule has 2 atom stereocenters. The maximum atomic E-state index is 13.4. The summed E-state index contributed by atoms with van der Waals surface area (Å²) in [5.74, 6) is 0.629. The standard InChI is InChI=1S/C17H25FN2/c1-13(15-5-2-6-16(18)10-15)20(17-7-8-17)12-14-4-3-9-19-11-14/h2,5-6,10,13-14,17,19H,3-4,7-9,11-12H2,1H3. The Kier molecular flexibility index (Phi) is 4.37. The quantitative estimate of drug-likeness (QED) is 0.887. The van der Waals surface area contributed by atoms with Crippen LogP contribution in [0.3, 0.4) is 0 Å². The molecule has 1 aliphatic heterocycles. The Bertz CT molecular complexity index is 438. The molecule has 1 heterocycles. The molecule has 20 heavy (non-hydrogen) atoms. The molecule has 3 rings (SSSR count). The molecule has 1 N–H and O–H groups in total. The molecule has 110 valence electrons. The summed E-state index contributed by atoms with van der Waals surface area (Å²) in [5, 5.41) is 3.50. The number of nitrogens with zero attached hydrogens (tertiary/aromatic N) is 1. The van der Waals surface area contributed by atoms with Gasteiger partial charge in [0.25, 0.3) is 0 Å². The average molecular weight is 276 g/mol. The van der Waals surface area contributed by atoms with Crippen molar-refractivity contribution in [1.29, 1.82) is 0 Å². The fraction of sp³-hybridized carbons (Fsp3) is 0.647. The van der Waals surface area contributed by atoms with Crippen LogP contribution in [-0.2, 0) is 0 Å². The monoisotopic (exact) mass is 276 g/mol. The van der Waals surface area contributed by atoms with Crippen LogP contribution in [0.15, 0.2) is 24.3 Å². The Labute approximate surface area is 121 Å². The molecule has 2 fully saturated rings. The number of halogens is 1. The molecule has 0 spiro atoms. The van der Waals surface area contributed by atoms with E-state index in [0.717, 1.165) is 30.6 Å². The minimum absolute atomic E-state index is 0.121. The van der Waals surface area contributed by atoms with Crippen molar-refractivity contribution in [1.82, 2.24) is 10.2 Å². The van der Waals surface area contributed by atoms with E-state index in [-0.39, 0.29) is 5.82 Å². The lowest BCUT2D eigenvalue weighted by atomic mass is 9.97. The number of benzene rings is 1. The van der Waals surface area contributed by atoms with Gasteiger partial charge in [-0.1, -0.05) is 12.1 Å². The van der Waals surface area contributed by atoms with Crippen LogP contribution in [0.5, 0.6) is 0 Å². The molecule has 0 radical (unpaired) electrons. The predicted molar refractivity (Wildman–Crippen MR) is 80.1 cm³/mol. The van der Waals surface area contributed by atoms with Crippen molar-refractivity contribution >= 4 is 0 Å².